The highest BCUT2D eigenvalue weighted by Crippen LogP contribution is 2.36. The fourth-order valence-corrected chi connectivity index (χ4v) is 5.89. The standard InChI is InChI=1S/C36H36FN7O2/c1-36(2,3)35(45)40-26-15-24(20-38-21-26)22-6-7-31-30(17-22)33(43-42-31)32-19-29-28(8-9-39-34(29)41-32)23-14-25(37)18-27(16-23)46-13-12-44-10-4-5-11-44/h6-9,14-21H,4-5,10-13H2,1-3H3,(H,39,41)(H,40,45)(H,42,43). The molecular formula is C36H36FN7O2. The van der Waals surface area contributed by atoms with Crippen LogP contribution in [0.15, 0.2) is 73.2 Å². The molecule has 1 amide bonds. The third-order valence-corrected chi connectivity index (χ3v) is 8.42. The molecule has 5 heterocycles. The second-order valence-corrected chi connectivity index (χ2v) is 12.9. The van der Waals surface area contributed by atoms with Crippen molar-refractivity contribution in [2.75, 3.05) is 31.6 Å². The van der Waals surface area contributed by atoms with Gasteiger partial charge in [-0.15, -0.1) is 0 Å². The predicted molar refractivity (Wildman–Crippen MR) is 179 cm³/mol. The number of aromatic nitrogens is 5. The summed E-state index contributed by atoms with van der Waals surface area (Å²) in [7, 11) is 0. The van der Waals surface area contributed by atoms with Crippen molar-refractivity contribution in [1.29, 1.82) is 0 Å². The summed E-state index contributed by atoms with van der Waals surface area (Å²) in [6, 6.07) is 16.7. The van der Waals surface area contributed by atoms with Gasteiger partial charge >= 0.3 is 0 Å². The molecule has 0 radical (unpaired) electrons. The molecule has 1 aliphatic heterocycles. The van der Waals surface area contributed by atoms with Crippen molar-refractivity contribution in [2.45, 2.75) is 33.6 Å². The average Bonchev–Trinajstić information content (AvgIpc) is 3.80. The van der Waals surface area contributed by atoms with Crippen LogP contribution in [-0.2, 0) is 4.79 Å². The number of likely N-dealkylation sites (tertiary alicyclic amines) is 1. The van der Waals surface area contributed by atoms with Gasteiger partial charge in [0.05, 0.1) is 23.1 Å². The molecule has 6 aromatic rings. The molecule has 1 saturated heterocycles. The molecule has 46 heavy (non-hydrogen) atoms. The SMILES string of the molecule is CC(C)(C)C(=O)Nc1cncc(-c2ccc3[nH]nc(-c4cc5c(-c6cc(F)cc(OCCN7CCCC7)c6)ccnc5[nH]4)c3c2)c1. The zero-order valence-electron chi connectivity index (χ0n) is 26.2. The van der Waals surface area contributed by atoms with Gasteiger partial charge in [-0.3, -0.25) is 19.8 Å². The average molecular weight is 618 g/mol. The van der Waals surface area contributed by atoms with Crippen molar-refractivity contribution in [1.82, 2.24) is 30.0 Å². The number of hydrogen-bond acceptors (Lipinski definition) is 6. The number of anilines is 1. The van der Waals surface area contributed by atoms with Gasteiger partial charge in [0.2, 0.25) is 5.91 Å². The van der Waals surface area contributed by atoms with Crippen LogP contribution in [0.25, 0.3) is 55.6 Å². The molecule has 0 saturated carbocycles. The number of rotatable bonds is 8. The first-order valence-electron chi connectivity index (χ1n) is 15.6. The van der Waals surface area contributed by atoms with Crippen LogP contribution in [0.5, 0.6) is 5.75 Å². The Morgan fingerprint density at radius 2 is 1.83 bits per heavy atom. The summed E-state index contributed by atoms with van der Waals surface area (Å²) in [6.45, 7) is 9.16. The summed E-state index contributed by atoms with van der Waals surface area (Å²) in [4.78, 5) is 27.3. The molecule has 3 N–H and O–H groups in total. The number of carbonyl (C=O) groups is 1. The molecule has 0 spiro atoms. The van der Waals surface area contributed by atoms with Gasteiger partial charge in [-0.05, 0) is 85.1 Å². The lowest BCUT2D eigenvalue weighted by Gasteiger charge is -2.17. The topological polar surface area (TPSA) is 112 Å². The van der Waals surface area contributed by atoms with Crippen LogP contribution in [-0.4, -0.2) is 62.2 Å². The van der Waals surface area contributed by atoms with Gasteiger partial charge in [-0.25, -0.2) is 9.37 Å². The second-order valence-electron chi connectivity index (χ2n) is 12.9. The van der Waals surface area contributed by atoms with Crippen LogP contribution in [0.2, 0.25) is 0 Å². The first-order chi connectivity index (χ1) is 22.2. The first kappa shape index (κ1) is 29.6. The zero-order valence-corrected chi connectivity index (χ0v) is 26.2. The van der Waals surface area contributed by atoms with Crippen LogP contribution >= 0.6 is 0 Å². The van der Waals surface area contributed by atoms with Crippen molar-refractivity contribution in [2.24, 2.45) is 5.41 Å². The summed E-state index contributed by atoms with van der Waals surface area (Å²) < 4.78 is 20.8. The van der Waals surface area contributed by atoms with Gasteiger partial charge < -0.3 is 15.0 Å². The number of benzene rings is 2. The molecule has 234 valence electrons. The van der Waals surface area contributed by atoms with Crippen molar-refractivity contribution >= 4 is 33.5 Å². The largest absolute Gasteiger partial charge is 0.492 e. The molecule has 0 aliphatic carbocycles. The van der Waals surface area contributed by atoms with Crippen LogP contribution in [0.3, 0.4) is 0 Å². The van der Waals surface area contributed by atoms with E-state index < -0.39 is 5.41 Å². The maximum Gasteiger partial charge on any atom is 0.229 e. The van der Waals surface area contributed by atoms with Gasteiger partial charge in [0.25, 0.3) is 0 Å². The minimum atomic E-state index is -0.521. The summed E-state index contributed by atoms with van der Waals surface area (Å²) in [5.74, 6) is 0.0827. The summed E-state index contributed by atoms with van der Waals surface area (Å²) in [5.41, 5.74) is 6.53. The molecule has 9 nitrogen and oxygen atoms in total. The number of amides is 1. The van der Waals surface area contributed by atoms with Crippen molar-refractivity contribution in [3.05, 3.63) is 79.0 Å². The number of H-pyrrole nitrogens is 2. The molecule has 2 aromatic carbocycles. The highest BCUT2D eigenvalue weighted by Gasteiger charge is 2.22. The lowest BCUT2D eigenvalue weighted by Crippen LogP contribution is -2.27. The van der Waals surface area contributed by atoms with Crippen LogP contribution in [0.4, 0.5) is 10.1 Å². The Bertz CT molecular complexity index is 2050. The van der Waals surface area contributed by atoms with Crippen LogP contribution < -0.4 is 10.1 Å². The van der Waals surface area contributed by atoms with E-state index in [4.69, 9.17) is 4.74 Å². The Labute approximate surface area is 266 Å². The first-order valence-corrected chi connectivity index (χ1v) is 15.6. The number of aromatic amines is 2. The molecule has 0 bridgehead atoms. The number of nitrogens with zero attached hydrogens (tertiary/aromatic N) is 4. The summed E-state index contributed by atoms with van der Waals surface area (Å²) in [5, 5.41) is 12.5. The Balaban J connectivity index is 1.19. The zero-order chi connectivity index (χ0) is 31.8. The monoisotopic (exact) mass is 617 g/mol. The highest BCUT2D eigenvalue weighted by molar-refractivity contribution is 6.01. The van der Waals surface area contributed by atoms with Crippen molar-refractivity contribution in [3.8, 4) is 39.4 Å². The molecule has 4 aromatic heterocycles. The Kier molecular flexibility index (Phi) is 7.74. The molecule has 0 atom stereocenters. The van der Waals surface area contributed by atoms with E-state index in [9.17, 15) is 9.18 Å². The van der Waals surface area contributed by atoms with Gasteiger partial charge in [-0.2, -0.15) is 5.10 Å². The normalized spacial score (nSPS) is 13.9. The van der Waals surface area contributed by atoms with Crippen molar-refractivity contribution in [3.63, 3.8) is 0 Å². The van der Waals surface area contributed by atoms with Crippen molar-refractivity contribution < 1.29 is 13.9 Å². The van der Waals surface area contributed by atoms with E-state index in [0.717, 1.165) is 64.0 Å². The van der Waals surface area contributed by atoms with E-state index in [-0.39, 0.29) is 11.7 Å². The van der Waals surface area contributed by atoms with Crippen LogP contribution in [0.1, 0.15) is 33.6 Å². The summed E-state index contributed by atoms with van der Waals surface area (Å²) in [6.07, 6.45) is 7.58. The van der Waals surface area contributed by atoms with Gasteiger partial charge in [0, 0.05) is 46.8 Å². The Morgan fingerprint density at radius 1 is 0.978 bits per heavy atom. The number of pyridine rings is 2. The third kappa shape index (κ3) is 6.08. The maximum absolute atomic E-state index is 14.8. The predicted octanol–water partition coefficient (Wildman–Crippen LogP) is 7.43. The fraction of sp³-hybridized carbons (Fsp3) is 0.278. The lowest BCUT2D eigenvalue weighted by molar-refractivity contribution is -0.123. The number of hydrogen-bond donors (Lipinski definition) is 3. The van der Waals surface area contributed by atoms with E-state index >= 15 is 0 Å². The van der Waals surface area contributed by atoms with E-state index in [1.54, 1.807) is 18.6 Å². The molecular weight excluding hydrogens is 581 g/mol. The van der Waals surface area contributed by atoms with E-state index in [1.165, 1.54) is 25.0 Å². The highest BCUT2D eigenvalue weighted by atomic mass is 19.1. The number of nitrogens with one attached hydrogen (secondary N) is 3. The number of halogens is 1. The molecule has 7 rings (SSSR count). The molecule has 10 heteroatoms. The minimum Gasteiger partial charge on any atom is -0.492 e. The van der Waals surface area contributed by atoms with Gasteiger partial charge in [0.1, 0.15) is 29.5 Å². The van der Waals surface area contributed by atoms with E-state index in [1.807, 2.05) is 57.2 Å². The van der Waals surface area contributed by atoms with E-state index in [2.05, 4.69) is 41.4 Å². The number of carbonyl (C=O) groups excluding carboxylic acids is 1. The van der Waals surface area contributed by atoms with E-state index in [0.29, 0.717) is 29.3 Å². The lowest BCUT2D eigenvalue weighted by atomic mass is 9.95. The quantitative estimate of drug-likeness (QED) is 0.164. The fourth-order valence-electron chi connectivity index (χ4n) is 5.89. The Morgan fingerprint density at radius 3 is 2.65 bits per heavy atom. The minimum absolute atomic E-state index is 0.0784. The third-order valence-electron chi connectivity index (χ3n) is 8.42. The van der Waals surface area contributed by atoms with Gasteiger partial charge in [-0.1, -0.05) is 26.8 Å². The summed E-state index contributed by atoms with van der Waals surface area (Å²) >= 11 is 0. The number of fused-ring (bicyclic) bond motifs is 2. The molecule has 1 aliphatic rings. The van der Waals surface area contributed by atoms with Gasteiger partial charge in [0.15, 0.2) is 0 Å². The maximum atomic E-state index is 14.8. The molecule has 1 fully saturated rings. The second kappa shape index (κ2) is 12.0. The van der Waals surface area contributed by atoms with Crippen LogP contribution in [0, 0.1) is 11.2 Å². The number of ether oxygens (including phenoxy) is 1. The molecule has 0 unspecified atom stereocenters. The smallest absolute Gasteiger partial charge is 0.229 e. The Hall–Kier alpha value is -5.09.